The molecule has 0 fully saturated rings. The number of carbonyl (C=O) groups is 1. The molecule has 0 heterocycles. The Bertz CT molecular complexity index is 729. The van der Waals surface area contributed by atoms with Crippen molar-refractivity contribution in [1.29, 1.82) is 0 Å². The molecule has 0 aliphatic heterocycles. The topological polar surface area (TPSA) is 81.9 Å². The molecule has 0 atom stereocenters. The van der Waals surface area contributed by atoms with Crippen LogP contribution in [0, 0.1) is 0 Å². The minimum atomic E-state index is -0.315. The third-order valence-corrected chi connectivity index (χ3v) is 3.39. The lowest BCUT2D eigenvalue weighted by Gasteiger charge is -2.18. The van der Waals surface area contributed by atoms with Gasteiger partial charge in [0.15, 0.2) is 11.5 Å². The highest BCUT2D eigenvalue weighted by atomic mass is 16.3. The van der Waals surface area contributed by atoms with Crippen LogP contribution in [0.5, 0.6) is 11.5 Å². The van der Waals surface area contributed by atoms with E-state index in [2.05, 4.69) is 31.3 Å². The fourth-order valence-electron chi connectivity index (χ4n) is 1.97. The Morgan fingerprint density at radius 3 is 2.26 bits per heavy atom. The second kappa shape index (κ2) is 6.52. The number of hydrazone groups is 1. The van der Waals surface area contributed by atoms with E-state index in [0.717, 1.165) is 5.56 Å². The number of amides is 1. The summed E-state index contributed by atoms with van der Waals surface area (Å²) in [7, 11) is 0. The molecule has 0 radical (unpaired) electrons. The molecule has 2 aromatic rings. The van der Waals surface area contributed by atoms with E-state index < -0.39 is 0 Å². The van der Waals surface area contributed by atoms with Crippen LogP contribution in [0.15, 0.2) is 47.6 Å². The number of rotatable bonds is 3. The molecule has 2 aromatic carbocycles. The maximum Gasteiger partial charge on any atom is 0.271 e. The van der Waals surface area contributed by atoms with Gasteiger partial charge < -0.3 is 10.2 Å². The maximum absolute atomic E-state index is 12.0. The number of benzene rings is 2. The Labute approximate surface area is 135 Å². The fraction of sp³-hybridized carbons (Fsp3) is 0.222. The number of hydrogen-bond acceptors (Lipinski definition) is 4. The third-order valence-electron chi connectivity index (χ3n) is 3.39. The quantitative estimate of drug-likeness (QED) is 0.462. The summed E-state index contributed by atoms with van der Waals surface area (Å²) >= 11 is 0. The first-order valence-corrected chi connectivity index (χ1v) is 7.23. The van der Waals surface area contributed by atoms with Crippen LogP contribution >= 0.6 is 0 Å². The van der Waals surface area contributed by atoms with Crippen molar-refractivity contribution in [3.05, 3.63) is 59.2 Å². The van der Waals surface area contributed by atoms with Crippen LogP contribution in [0.3, 0.4) is 0 Å². The van der Waals surface area contributed by atoms with Crippen LogP contribution < -0.4 is 5.43 Å². The molecule has 0 unspecified atom stereocenters. The van der Waals surface area contributed by atoms with Gasteiger partial charge in [-0.25, -0.2) is 5.43 Å². The lowest BCUT2D eigenvalue weighted by atomic mass is 9.87. The summed E-state index contributed by atoms with van der Waals surface area (Å²) in [6.45, 7) is 6.33. The Morgan fingerprint density at radius 1 is 1.04 bits per heavy atom. The molecule has 0 aliphatic rings. The van der Waals surface area contributed by atoms with E-state index in [1.807, 2.05) is 12.1 Å². The van der Waals surface area contributed by atoms with Crippen molar-refractivity contribution in [1.82, 2.24) is 5.43 Å². The molecular formula is C18H20N2O3. The largest absolute Gasteiger partial charge is 0.504 e. The summed E-state index contributed by atoms with van der Waals surface area (Å²) in [6, 6.07) is 11.7. The number of nitrogens with one attached hydrogen (secondary N) is 1. The summed E-state index contributed by atoms with van der Waals surface area (Å²) in [5.74, 6) is -0.757. The van der Waals surface area contributed by atoms with Crippen LogP contribution in [0.1, 0.15) is 42.3 Å². The molecule has 120 valence electrons. The van der Waals surface area contributed by atoms with Crippen LogP contribution in [0.4, 0.5) is 0 Å². The molecule has 5 nitrogen and oxygen atoms in total. The molecule has 23 heavy (non-hydrogen) atoms. The van der Waals surface area contributed by atoms with Gasteiger partial charge in [-0.1, -0.05) is 32.9 Å². The zero-order chi connectivity index (χ0) is 17.0. The van der Waals surface area contributed by atoms with Gasteiger partial charge in [0.05, 0.1) is 6.21 Å². The smallest absolute Gasteiger partial charge is 0.271 e. The second-order valence-electron chi connectivity index (χ2n) is 6.27. The maximum atomic E-state index is 12.0. The first kappa shape index (κ1) is 16.5. The van der Waals surface area contributed by atoms with E-state index in [9.17, 15) is 15.0 Å². The van der Waals surface area contributed by atoms with Crippen molar-refractivity contribution in [3.8, 4) is 11.5 Å². The zero-order valence-electron chi connectivity index (χ0n) is 13.4. The normalized spacial score (nSPS) is 11.6. The van der Waals surface area contributed by atoms with Gasteiger partial charge in [-0.15, -0.1) is 0 Å². The molecule has 0 saturated heterocycles. The monoisotopic (exact) mass is 312 g/mol. The first-order chi connectivity index (χ1) is 10.8. The number of aromatic hydroxyl groups is 2. The standard InChI is InChI=1S/C18H20N2O3/c1-18(2,3)14-7-5-13(6-8-14)17(23)20-19-11-12-4-9-15(21)16(22)10-12/h4-11,21-22H,1-3H3,(H,20,23). The summed E-state index contributed by atoms with van der Waals surface area (Å²) in [5, 5.41) is 22.4. The zero-order valence-corrected chi connectivity index (χ0v) is 13.4. The van der Waals surface area contributed by atoms with Crippen LogP contribution in [-0.2, 0) is 5.41 Å². The van der Waals surface area contributed by atoms with Crippen LogP contribution in [-0.4, -0.2) is 22.3 Å². The Balaban J connectivity index is 2.01. The highest BCUT2D eigenvalue weighted by Crippen LogP contribution is 2.24. The van der Waals surface area contributed by atoms with Gasteiger partial charge >= 0.3 is 0 Å². The van der Waals surface area contributed by atoms with Gasteiger partial charge in [-0.05, 0) is 46.9 Å². The van der Waals surface area contributed by atoms with E-state index in [4.69, 9.17) is 0 Å². The predicted octanol–water partition coefficient (Wildman–Crippen LogP) is 3.16. The minimum absolute atomic E-state index is 0.0357. The van der Waals surface area contributed by atoms with Crippen LogP contribution in [0.25, 0.3) is 0 Å². The summed E-state index contributed by atoms with van der Waals surface area (Å²) in [4.78, 5) is 12.0. The van der Waals surface area contributed by atoms with Crippen molar-refractivity contribution in [2.75, 3.05) is 0 Å². The molecular weight excluding hydrogens is 292 g/mol. The SMILES string of the molecule is CC(C)(C)c1ccc(C(=O)NN=Cc2ccc(O)c(O)c2)cc1. The van der Waals surface area contributed by atoms with E-state index in [-0.39, 0.29) is 22.8 Å². The predicted molar refractivity (Wildman–Crippen MR) is 90.0 cm³/mol. The molecule has 2 rings (SSSR count). The number of hydrogen-bond donors (Lipinski definition) is 3. The Morgan fingerprint density at radius 2 is 1.70 bits per heavy atom. The van der Waals surface area contributed by atoms with Gasteiger partial charge in [-0.3, -0.25) is 4.79 Å². The van der Waals surface area contributed by atoms with Gasteiger partial charge in [-0.2, -0.15) is 5.10 Å². The molecule has 0 bridgehead atoms. The fourth-order valence-corrected chi connectivity index (χ4v) is 1.97. The lowest BCUT2D eigenvalue weighted by molar-refractivity contribution is 0.0955. The van der Waals surface area contributed by atoms with Crippen molar-refractivity contribution >= 4 is 12.1 Å². The van der Waals surface area contributed by atoms with Gasteiger partial charge in [0.1, 0.15) is 0 Å². The van der Waals surface area contributed by atoms with E-state index in [1.165, 1.54) is 18.3 Å². The molecule has 0 aromatic heterocycles. The van der Waals surface area contributed by atoms with E-state index in [0.29, 0.717) is 11.1 Å². The average molecular weight is 312 g/mol. The molecule has 3 N–H and O–H groups in total. The molecule has 0 aliphatic carbocycles. The van der Waals surface area contributed by atoms with E-state index >= 15 is 0 Å². The summed E-state index contributed by atoms with van der Waals surface area (Å²) < 4.78 is 0. The minimum Gasteiger partial charge on any atom is -0.504 e. The van der Waals surface area contributed by atoms with Gasteiger partial charge in [0.25, 0.3) is 5.91 Å². The van der Waals surface area contributed by atoms with Crippen molar-refractivity contribution in [2.24, 2.45) is 5.10 Å². The summed E-state index contributed by atoms with van der Waals surface area (Å²) in [5.41, 5.74) is 4.69. The van der Waals surface area contributed by atoms with Gasteiger partial charge in [0, 0.05) is 5.56 Å². The molecule has 0 spiro atoms. The lowest BCUT2D eigenvalue weighted by Crippen LogP contribution is -2.18. The third kappa shape index (κ3) is 4.32. The van der Waals surface area contributed by atoms with Crippen molar-refractivity contribution in [2.45, 2.75) is 26.2 Å². The first-order valence-electron chi connectivity index (χ1n) is 7.23. The number of phenolic OH excluding ortho intramolecular Hbond substituents is 2. The Kier molecular flexibility index (Phi) is 4.69. The number of phenols is 2. The van der Waals surface area contributed by atoms with Gasteiger partial charge in [0.2, 0.25) is 0 Å². The van der Waals surface area contributed by atoms with Crippen LogP contribution in [0.2, 0.25) is 0 Å². The van der Waals surface area contributed by atoms with E-state index in [1.54, 1.807) is 18.2 Å². The number of carbonyl (C=O) groups excluding carboxylic acids is 1. The highest BCUT2D eigenvalue weighted by molar-refractivity contribution is 5.95. The van der Waals surface area contributed by atoms with Crippen molar-refractivity contribution in [3.63, 3.8) is 0 Å². The van der Waals surface area contributed by atoms with Crippen molar-refractivity contribution < 1.29 is 15.0 Å². The second-order valence-corrected chi connectivity index (χ2v) is 6.27. The molecule has 5 heteroatoms. The Hall–Kier alpha value is -2.82. The molecule has 1 amide bonds. The average Bonchev–Trinajstić information content (AvgIpc) is 2.50. The summed E-state index contributed by atoms with van der Waals surface area (Å²) in [6.07, 6.45) is 1.39. The highest BCUT2D eigenvalue weighted by Gasteiger charge is 2.14. The molecule has 0 saturated carbocycles. The number of nitrogens with zero attached hydrogens (tertiary/aromatic N) is 1.